The zero-order valence-electron chi connectivity index (χ0n) is 11.6. The molecule has 1 atom stereocenters. The van der Waals surface area contributed by atoms with E-state index in [2.05, 4.69) is 44.6 Å². The Hall–Kier alpha value is -0.580. The predicted molar refractivity (Wildman–Crippen MR) is 87.5 cm³/mol. The molecule has 3 rings (SSSR count). The lowest BCUT2D eigenvalue weighted by atomic mass is 10.2. The molecule has 0 saturated carbocycles. The lowest BCUT2D eigenvalue weighted by Gasteiger charge is -2.21. The van der Waals surface area contributed by atoms with Crippen LogP contribution in [0.2, 0.25) is 0 Å². The van der Waals surface area contributed by atoms with Crippen LogP contribution in [0, 0.1) is 0 Å². The van der Waals surface area contributed by atoms with Crippen LogP contribution in [0.4, 0.5) is 0 Å². The number of halogens is 2. The normalized spacial score (nSPS) is 20.1. The number of rotatable bonds is 4. The van der Waals surface area contributed by atoms with Crippen molar-refractivity contribution in [1.29, 1.82) is 0 Å². The predicted octanol–water partition coefficient (Wildman–Crippen LogP) is 3.67. The molecule has 0 bridgehead atoms. The average Bonchev–Trinajstić information content (AvgIpc) is 2.96. The molecule has 1 unspecified atom stereocenters. The molecule has 5 heteroatoms. The summed E-state index contributed by atoms with van der Waals surface area (Å²) in [6, 6.07) is 6.90. The van der Waals surface area contributed by atoms with E-state index in [1.165, 1.54) is 24.9 Å². The Morgan fingerprint density at radius 1 is 1.45 bits per heavy atom. The monoisotopic (exact) mass is 355 g/mol. The first kappa shape index (κ1) is 14.4. The molecule has 108 valence electrons. The maximum atomic E-state index is 5.94. The lowest BCUT2D eigenvalue weighted by molar-refractivity contribution is 0.282. The van der Waals surface area contributed by atoms with Crippen molar-refractivity contribution in [3.8, 4) is 0 Å². The van der Waals surface area contributed by atoms with Gasteiger partial charge in [-0.05, 0) is 44.6 Å². The molecule has 3 nitrogen and oxygen atoms in total. The molecule has 1 aliphatic rings. The van der Waals surface area contributed by atoms with Crippen molar-refractivity contribution in [3.63, 3.8) is 0 Å². The Morgan fingerprint density at radius 2 is 2.30 bits per heavy atom. The highest BCUT2D eigenvalue weighted by Gasteiger charge is 2.23. The lowest BCUT2D eigenvalue weighted by Crippen LogP contribution is -2.30. The van der Waals surface area contributed by atoms with Crippen molar-refractivity contribution < 1.29 is 0 Å². The number of imidazole rings is 1. The number of likely N-dealkylation sites (tertiary alicyclic amines) is 1. The first-order valence-electron chi connectivity index (χ1n) is 7.10. The van der Waals surface area contributed by atoms with Gasteiger partial charge in [0.05, 0.1) is 11.0 Å². The van der Waals surface area contributed by atoms with E-state index in [4.69, 9.17) is 16.6 Å². The third kappa shape index (κ3) is 2.74. The maximum absolute atomic E-state index is 5.94. The summed E-state index contributed by atoms with van der Waals surface area (Å²) >= 11 is 9.50. The minimum Gasteiger partial charge on any atom is -0.326 e. The van der Waals surface area contributed by atoms with E-state index in [1.807, 2.05) is 6.07 Å². The van der Waals surface area contributed by atoms with Gasteiger partial charge in [-0.1, -0.05) is 15.9 Å². The quantitative estimate of drug-likeness (QED) is 0.779. The van der Waals surface area contributed by atoms with Crippen LogP contribution in [0.1, 0.15) is 18.7 Å². The average molecular weight is 357 g/mol. The number of fused-ring (bicyclic) bond motifs is 1. The molecule has 1 aliphatic heterocycles. The van der Waals surface area contributed by atoms with Crippen LogP contribution in [0.25, 0.3) is 11.0 Å². The summed E-state index contributed by atoms with van der Waals surface area (Å²) in [7, 11) is 2.22. The van der Waals surface area contributed by atoms with E-state index in [1.54, 1.807) is 0 Å². The molecule has 1 fully saturated rings. The molecular weight excluding hydrogens is 338 g/mol. The Bertz CT molecular complexity index is 610. The third-order valence-electron chi connectivity index (χ3n) is 4.17. The molecule has 0 amide bonds. The van der Waals surface area contributed by atoms with E-state index >= 15 is 0 Å². The minimum absolute atomic E-state index is 0.612. The summed E-state index contributed by atoms with van der Waals surface area (Å²) in [4.78, 5) is 7.20. The topological polar surface area (TPSA) is 21.1 Å². The van der Waals surface area contributed by atoms with Crippen LogP contribution in [-0.2, 0) is 13.0 Å². The fourth-order valence-electron chi connectivity index (χ4n) is 3.05. The van der Waals surface area contributed by atoms with Crippen LogP contribution in [0.5, 0.6) is 0 Å². The van der Waals surface area contributed by atoms with Gasteiger partial charge in [0, 0.05) is 29.4 Å². The highest BCUT2D eigenvalue weighted by molar-refractivity contribution is 9.10. The second kappa shape index (κ2) is 6.04. The molecular formula is C15H19BrClN3. The zero-order valence-corrected chi connectivity index (χ0v) is 14.0. The Morgan fingerprint density at radius 3 is 3.00 bits per heavy atom. The summed E-state index contributed by atoms with van der Waals surface area (Å²) in [6.07, 6.45) is 3.39. The Balaban J connectivity index is 2.01. The number of likely N-dealkylation sites (N-methyl/N-ethyl adjacent to an activating group) is 1. The minimum atomic E-state index is 0.612. The largest absolute Gasteiger partial charge is 0.326 e. The molecule has 1 aromatic heterocycles. The SMILES string of the molecule is CN1CCCC1Cn1c(CCCl)nc2ccc(Br)cc21. The molecule has 0 N–H and O–H groups in total. The van der Waals surface area contributed by atoms with Crippen molar-refractivity contribution in [3.05, 3.63) is 28.5 Å². The van der Waals surface area contributed by atoms with Crippen molar-refractivity contribution >= 4 is 38.6 Å². The number of aryl methyl sites for hydroxylation is 1. The first-order valence-corrected chi connectivity index (χ1v) is 8.42. The molecule has 1 saturated heterocycles. The van der Waals surface area contributed by atoms with Gasteiger partial charge in [0.1, 0.15) is 5.82 Å². The molecule has 20 heavy (non-hydrogen) atoms. The molecule has 0 aliphatic carbocycles. The summed E-state index contributed by atoms with van der Waals surface area (Å²) in [6.45, 7) is 2.21. The molecule has 2 heterocycles. The van der Waals surface area contributed by atoms with Crippen molar-refractivity contribution in [2.45, 2.75) is 31.8 Å². The van der Waals surface area contributed by atoms with Crippen LogP contribution in [0.3, 0.4) is 0 Å². The standard InChI is InChI=1S/C15H19BrClN3/c1-19-8-2-3-12(19)10-20-14-9-11(16)4-5-13(14)18-15(20)6-7-17/h4-5,9,12H,2-3,6-8,10H2,1H3. The van der Waals surface area contributed by atoms with Crippen LogP contribution >= 0.6 is 27.5 Å². The van der Waals surface area contributed by atoms with Gasteiger partial charge in [-0.2, -0.15) is 0 Å². The highest BCUT2D eigenvalue weighted by Crippen LogP contribution is 2.24. The van der Waals surface area contributed by atoms with Crippen LogP contribution in [-0.4, -0.2) is 40.0 Å². The number of benzene rings is 1. The van der Waals surface area contributed by atoms with Crippen molar-refractivity contribution in [2.24, 2.45) is 0 Å². The molecule has 0 radical (unpaired) electrons. The fourth-order valence-corrected chi connectivity index (χ4v) is 3.56. The smallest absolute Gasteiger partial charge is 0.111 e. The van der Waals surface area contributed by atoms with Gasteiger partial charge in [0.15, 0.2) is 0 Å². The summed E-state index contributed by atoms with van der Waals surface area (Å²) in [5, 5.41) is 0. The second-order valence-corrected chi connectivity index (χ2v) is 6.78. The fraction of sp³-hybridized carbons (Fsp3) is 0.533. The molecule has 0 spiro atoms. The summed E-state index contributed by atoms with van der Waals surface area (Å²) < 4.78 is 3.46. The van der Waals surface area contributed by atoms with E-state index in [0.29, 0.717) is 11.9 Å². The molecule has 1 aromatic carbocycles. The van der Waals surface area contributed by atoms with E-state index < -0.39 is 0 Å². The third-order valence-corrected chi connectivity index (χ3v) is 4.85. The van der Waals surface area contributed by atoms with Gasteiger partial charge in [0.25, 0.3) is 0 Å². The van der Waals surface area contributed by atoms with Gasteiger partial charge in [0.2, 0.25) is 0 Å². The highest BCUT2D eigenvalue weighted by atomic mass is 79.9. The van der Waals surface area contributed by atoms with E-state index in [0.717, 1.165) is 28.8 Å². The maximum Gasteiger partial charge on any atom is 0.111 e. The zero-order chi connectivity index (χ0) is 14.1. The summed E-state index contributed by atoms with van der Waals surface area (Å²) in [5.41, 5.74) is 2.27. The van der Waals surface area contributed by atoms with Crippen molar-refractivity contribution in [1.82, 2.24) is 14.5 Å². The van der Waals surface area contributed by atoms with E-state index in [9.17, 15) is 0 Å². The van der Waals surface area contributed by atoms with E-state index in [-0.39, 0.29) is 0 Å². The summed E-state index contributed by atoms with van der Waals surface area (Å²) in [5.74, 6) is 1.72. The van der Waals surface area contributed by atoms with Gasteiger partial charge < -0.3 is 9.47 Å². The van der Waals surface area contributed by atoms with Gasteiger partial charge in [-0.25, -0.2) is 4.98 Å². The van der Waals surface area contributed by atoms with Gasteiger partial charge in [-0.3, -0.25) is 0 Å². The van der Waals surface area contributed by atoms with Gasteiger partial charge >= 0.3 is 0 Å². The van der Waals surface area contributed by atoms with Gasteiger partial charge in [-0.15, -0.1) is 11.6 Å². The Kier molecular flexibility index (Phi) is 4.34. The number of alkyl halides is 1. The number of nitrogens with zero attached hydrogens (tertiary/aromatic N) is 3. The number of aromatic nitrogens is 2. The second-order valence-electron chi connectivity index (χ2n) is 5.49. The van der Waals surface area contributed by atoms with Crippen molar-refractivity contribution in [2.75, 3.05) is 19.5 Å². The Labute approximate surface area is 133 Å². The first-order chi connectivity index (χ1) is 9.69. The van der Waals surface area contributed by atoms with Crippen LogP contribution in [0.15, 0.2) is 22.7 Å². The number of hydrogen-bond donors (Lipinski definition) is 0. The number of hydrogen-bond acceptors (Lipinski definition) is 2. The molecule has 2 aromatic rings. The van der Waals surface area contributed by atoms with Crippen LogP contribution < -0.4 is 0 Å².